The number of nitrogens with one attached hydrogen (secondary N) is 1. The lowest BCUT2D eigenvalue weighted by Crippen LogP contribution is -2.51. The van der Waals surface area contributed by atoms with Crippen molar-refractivity contribution < 1.29 is 46.8 Å². The van der Waals surface area contributed by atoms with E-state index in [1.54, 1.807) is 13.8 Å². The van der Waals surface area contributed by atoms with Gasteiger partial charge in [-0.1, -0.05) is 20.8 Å². The number of benzene rings is 1. The zero-order valence-corrected chi connectivity index (χ0v) is 22.3. The van der Waals surface area contributed by atoms with Gasteiger partial charge in [0.15, 0.2) is 0 Å². The minimum atomic E-state index is -4.45. The maximum Gasteiger partial charge on any atom is 0.337 e. The van der Waals surface area contributed by atoms with E-state index in [2.05, 4.69) is 10.1 Å². The van der Waals surface area contributed by atoms with Crippen LogP contribution in [0.3, 0.4) is 0 Å². The Morgan fingerprint density at radius 2 is 1.62 bits per heavy atom. The van der Waals surface area contributed by atoms with Gasteiger partial charge in [0.2, 0.25) is 5.91 Å². The number of carboxylic acid groups (broad SMARTS) is 1. The molecule has 3 amide bonds. The number of urea groups is 1. The number of carboxylic acids is 1. The standard InChI is InChI=1S/C24H34N2O10S/c1-14(2)12-20(22(29)30)26(24(32)25-18-9-7-17(8-10-18)23(31)36-5)21(28)11-6-15(3)19(16(4)27)13-37(33,34)35/h7-10,14-15,19-20H,6,11-13H2,1-5H3,(H,25,32)(H,29,30)(H,33,34,35)/t15?,19?,20-/m0/s1. The van der Waals surface area contributed by atoms with E-state index in [0.717, 1.165) is 0 Å². The predicted octanol–water partition coefficient (Wildman–Crippen LogP) is 2.84. The number of carbonyl (C=O) groups excluding carboxylic acids is 4. The van der Waals surface area contributed by atoms with Gasteiger partial charge in [0.1, 0.15) is 11.8 Å². The Balaban J connectivity index is 3.17. The summed E-state index contributed by atoms with van der Waals surface area (Å²) in [5.41, 5.74) is 0.415. The quantitative estimate of drug-likeness (QED) is 0.247. The van der Waals surface area contributed by atoms with Crippen LogP contribution in [-0.2, 0) is 29.2 Å². The highest BCUT2D eigenvalue weighted by molar-refractivity contribution is 7.85. The van der Waals surface area contributed by atoms with Crippen LogP contribution < -0.4 is 5.32 Å². The van der Waals surface area contributed by atoms with Crippen LogP contribution in [0.15, 0.2) is 24.3 Å². The molecule has 1 rings (SSSR count). The second-order valence-electron chi connectivity index (χ2n) is 9.23. The van der Waals surface area contributed by atoms with Gasteiger partial charge in [-0.2, -0.15) is 8.42 Å². The molecule has 0 saturated heterocycles. The monoisotopic (exact) mass is 542 g/mol. The number of carbonyl (C=O) groups is 5. The molecule has 37 heavy (non-hydrogen) atoms. The van der Waals surface area contributed by atoms with E-state index in [0.29, 0.717) is 4.90 Å². The molecular formula is C24H34N2O10S. The molecule has 206 valence electrons. The largest absolute Gasteiger partial charge is 0.480 e. The molecule has 1 aromatic rings. The molecule has 0 heterocycles. The van der Waals surface area contributed by atoms with Crippen molar-refractivity contribution in [2.75, 3.05) is 18.2 Å². The third-order valence-electron chi connectivity index (χ3n) is 5.75. The first kappa shape index (κ1) is 31.7. The van der Waals surface area contributed by atoms with Crippen molar-refractivity contribution in [2.24, 2.45) is 17.8 Å². The average Bonchev–Trinajstić information content (AvgIpc) is 2.79. The van der Waals surface area contributed by atoms with Gasteiger partial charge in [-0.25, -0.2) is 19.3 Å². The zero-order chi connectivity index (χ0) is 28.5. The number of Topliss-reactive ketones (excluding diaryl/α,β-unsaturated/α-hetero) is 1. The average molecular weight is 543 g/mol. The number of methoxy groups -OCH3 is 1. The third-order valence-corrected chi connectivity index (χ3v) is 6.53. The number of nitrogens with zero attached hydrogens (tertiary/aromatic N) is 1. The molecule has 13 heteroatoms. The topological polar surface area (TPSA) is 184 Å². The van der Waals surface area contributed by atoms with Gasteiger partial charge in [-0.3, -0.25) is 14.1 Å². The maximum absolute atomic E-state index is 13.2. The summed E-state index contributed by atoms with van der Waals surface area (Å²) in [5.74, 6) is -6.04. The fourth-order valence-electron chi connectivity index (χ4n) is 3.76. The van der Waals surface area contributed by atoms with E-state index in [1.807, 2.05) is 0 Å². The molecular weight excluding hydrogens is 508 g/mol. The first-order chi connectivity index (χ1) is 17.1. The number of anilines is 1. The molecule has 2 unspecified atom stereocenters. The van der Waals surface area contributed by atoms with Crippen LogP contribution in [0.2, 0.25) is 0 Å². The van der Waals surface area contributed by atoms with Gasteiger partial charge >= 0.3 is 18.0 Å². The Labute approximate surface area is 216 Å². The second-order valence-corrected chi connectivity index (χ2v) is 10.7. The van der Waals surface area contributed by atoms with Crippen molar-refractivity contribution >= 4 is 45.5 Å². The van der Waals surface area contributed by atoms with Crippen LogP contribution in [0.1, 0.15) is 57.3 Å². The molecule has 0 aliphatic carbocycles. The molecule has 0 saturated carbocycles. The lowest BCUT2D eigenvalue weighted by atomic mass is 9.88. The smallest absolute Gasteiger partial charge is 0.337 e. The second kappa shape index (κ2) is 13.8. The van der Waals surface area contributed by atoms with Crippen LogP contribution in [-0.4, -0.2) is 71.5 Å². The van der Waals surface area contributed by atoms with Gasteiger partial charge in [0.25, 0.3) is 10.1 Å². The van der Waals surface area contributed by atoms with E-state index in [9.17, 15) is 37.5 Å². The van der Waals surface area contributed by atoms with Gasteiger partial charge in [-0.15, -0.1) is 0 Å². The molecule has 0 fully saturated rings. The summed E-state index contributed by atoms with van der Waals surface area (Å²) in [7, 11) is -3.24. The summed E-state index contributed by atoms with van der Waals surface area (Å²) in [6, 6.07) is 3.06. The Morgan fingerprint density at radius 1 is 1.05 bits per heavy atom. The van der Waals surface area contributed by atoms with Crippen molar-refractivity contribution in [3.63, 3.8) is 0 Å². The highest BCUT2D eigenvalue weighted by atomic mass is 32.2. The molecule has 0 aliphatic heterocycles. The van der Waals surface area contributed by atoms with Gasteiger partial charge in [0.05, 0.1) is 18.4 Å². The molecule has 3 N–H and O–H groups in total. The lowest BCUT2D eigenvalue weighted by molar-refractivity contribution is -0.148. The van der Waals surface area contributed by atoms with E-state index in [1.165, 1.54) is 45.2 Å². The van der Waals surface area contributed by atoms with E-state index >= 15 is 0 Å². The summed E-state index contributed by atoms with van der Waals surface area (Å²) >= 11 is 0. The number of ether oxygens (including phenoxy) is 1. The van der Waals surface area contributed by atoms with Gasteiger partial charge in [-0.05, 0) is 55.9 Å². The van der Waals surface area contributed by atoms with Gasteiger partial charge < -0.3 is 15.2 Å². The summed E-state index contributed by atoms with van der Waals surface area (Å²) in [5, 5.41) is 12.2. The number of rotatable bonds is 13. The lowest BCUT2D eigenvalue weighted by Gasteiger charge is -2.29. The number of hydrogen-bond donors (Lipinski definition) is 3. The van der Waals surface area contributed by atoms with Crippen LogP contribution in [0.5, 0.6) is 0 Å². The number of imide groups is 1. The summed E-state index contributed by atoms with van der Waals surface area (Å²) < 4.78 is 36.3. The number of esters is 1. The van der Waals surface area contributed by atoms with Crippen LogP contribution in [0, 0.1) is 17.8 Å². The van der Waals surface area contributed by atoms with Crippen LogP contribution in [0.25, 0.3) is 0 Å². The SMILES string of the molecule is COC(=O)c1ccc(NC(=O)N(C(=O)CCC(C)C(CS(=O)(=O)O)C(C)=O)[C@@H](CC(C)C)C(=O)O)cc1. The number of hydrogen-bond acceptors (Lipinski definition) is 8. The molecule has 3 atom stereocenters. The van der Waals surface area contributed by atoms with E-state index < -0.39 is 63.4 Å². The maximum atomic E-state index is 13.2. The Morgan fingerprint density at radius 3 is 2.05 bits per heavy atom. The Kier molecular flexibility index (Phi) is 11.9. The normalized spacial score (nSPS) is 13.8. The molecule has 0 spiro atoms. The highest BCUT2D eigenvalue weighted by Crippen LogP contribution is 2.23. The highest BCUT2D eigenvalue weighted by Gasteiger charge is 2.36. The summed E-state index contributed by atoms with van der Waals surface area (Å²) in [6.45, 7) is 6.16. The molecule has 12 nitrogen and oxygen atoms in total. The minimum absolute atomic E-state index is 0.0237. The van der Waals surface area contributed by atoms with E-state index in [-0.39, 0.29) is 36.4 Å². The number of aliphatic carboxylic acids is 1. The van der Waals surface area contributed by atoms with Crippen LogP contribution >= 0.6 is 0 Å². The fourth-order valence-corrected chi connectivity index (χ4v) is 4.78. The van der Waals surface area contributed by atoms with Crippen LogP contribution in [0.4, 0.5) is 10.5 Å². The molecule has 0 aliphatic rings. The first-order valence-electron chi connectivity index (χ1n) is 11.6. The van der Waals surface area contributed by atoms with Crippen molar-refractivity contribution in [2.45, 2.75) is 53.0 Å². The molecule has 1 aromatic carbocycles. The molecule has 0 aromatic heterocycles. The zero-order valence-electron chi connectivity index (χ0n) is 21.5. The summed E-state index contributed by atoms with van der Waals surface area (Å²) in [4.78, 5) is 62.4. The van der Waals surface area contributed by atoms with Crippen molar-refractivity contribution in [1.82, 2.24) is 4.90 Å². The third kappa shape index (κ3) is 10.3. The number of amides is 3. The molecule has 0 bridgehead atoms. The summed E-state index contributed by atoms with van der Waals surface area (Å²) in [6.07, 6.45) is -0.415. The number of ketones is 1. The van der Waals surface area contributed by atoms with E-state index in [4.69, 9.17) is 4.55 Å². The van der Waals surface area contributed by atoms with Crippen molar-refractivity contribution in [3.05, 3.63) is 29.8 Å². The van der Waals surface area contributed by atoms with Gasteiger partial charge in [0, 0.05) is 18.0 Å². The fraction of sp³-hybridized carbons (Fsp3) is 0.542. The first-order valence-corrected chi connectivity index (χ1v) is 13.2. The predicted molar refractivity (Wildman–Crippen MR) is 134 cm³/mol. The minimum Gasteiger partial charge on any atom is -0.480 e. The van der Waals surface area contributed by atoms with Crippen molar-refractivity contribution in [3.8, 4) is 0 Å². The Hall–Kier alpha value is -3.32. The molecule has 0 radical (unpaired) electrons. The Bertz CT molecular complexity index is 1100. The van der Waals surface area contributed by atoms with Crippen molar-refractivity contribution in [1.29, 1.82) is 0 Å².